The second-order valence-electron chi connectivity index (χ2n) is 12.0. The van der Waals surface area contributed by atoms with E-state index in [9.17, 15) is 19.5 Å². The first kappa shape index (κ1) is 29.3. The molecule has 2 bridgehead atoms. The molecular weight excluding hydrogens is 548 g/mol. The highest BCUT2D eigenvalue weighted by Crippen LogP contribution is 2.64. The average molecular weight is 589 g/mol. The van der Waals surface area contributed by atoms with Crippen LogP contribution in [0.4, 0.5) is 0 Å². The zero-order valence-corrected chi connectivity index (χ0v) is 24.6. The summed E-state index contributed by atoms with van der Waals surface area (Å²) in [6.07, 6.45) is 4.76. The number of likely N-dealkylation sites (tertiary alicyclic amines) is 1. The fourth-order valence-electron chi connectivity index (χ4n) is 7.58. The van der Waals surface area contributed by atoms with E-state index < -0.39 is 29.1 Å². The van der Waals surface area contributed by atoms with Crippen LogP contribution >= 0.6 is 0 Å². The van der Waals surface area contributed by atoms with Gasteiger partial charge in [0.05, 0.1) is 23.0 Å². The van der Waals surface area contributed by atoms with E-state index in [2.05, 4.69) is 20.9 Å². The summed E-state index contributed by atoms with van der Waals surface area (Å²) in [5, 5.41) is 23.6. The molecule has 11 nitrogen and oxygen atoms in total. The quantitative estimate of drug-likeness (QED) is 0.261. The smallest absolute Gasteiger partial charge is 0.247 e. The number of hydrogen-bond acceptors (Lipinski definition) is 7. The van der Waals surface area contributed by atoms with E-state index in [0.29, 0.717) is 45.2 Å². The summed E-state index contributed by atoms with van der Waals surface area (Å²) in [5.74, 6) is -2.14. The molecule has 3 amide bonds. The molecule has 5 atom stereocenters. The lowest BCUT2D eigenvalue weighted by atomic mass is 9.65. The summed E-state index contributed by atoms with van der Waals surface area (Å²) < 4.78 is 8.46. The Hall–Kier alpha value is -3.83. The van der Waals surface area contributed by atoms with Crippen molar-refractivity contribution in [2.75, 3.05) is 13.2 Å². The van der Waals surface area contributed by atoms with Gasteiger partial charge in [-0.2, -0.15) is 0 Å². The lowest BCUT2D eigenvalue weighted by Crippen LogP contribution is -2.55. The van der Waals surface area contributed by atoms with Crippen molar-refractivity contribution in [2.24, 2.45) is 11.8 Å². The van der Waals surface area contributed by atoms with E-state index in [1.54, 1.807) is 9.58 Å². The first-order valence-corrected chi connectivity index (χ1v) is 15.4. The van der Waals surface area contributed by atoms with Gasteiger partial charge in [0, 0.05) is 19.7 Å². The number of carbonyl (C=O) groups excluding carboxylic acids is 3. The Morgan fingerprint density at radius 2 is 1.77 bits per heavy atom. The first-order valence-electron chi connectivity index (χ1n) is 15.4. The monoisotopic (exact) mass is 588 g/mol. The molecule has 3 aliphatic rings. The highest BCUT2D eigenvalue weighted by Gasteiger charge is 2.78. The third-order valence-corrected chi connectivity index (χ3v) is 9.65. The van der Waals surface area contributed by atoms with Gasteiger partial charge in [0.15, 0.2) is 0 Å². The van der Waals surface area contributed by atoms with Gasteiger partial charge >= 0.3 is 0 Å². The van der Waals surface area contributed by atoms with Gasteiger partial charge in [-0.1, -0.05) is 67.4 Å². The SMILES string of the molecule is CC[C@]12CCC3(O1)C(C(=O)NCn1nnc4ccccc41)N(CCCCCCO)C(=O)[C@@H]3[C@H]2C(=O)NCc1ccccc1. The summed E-state index contributed by atoms with van der Waals surface area (Å²) in [5.41, 5.74) is 0.611. The predicted molar refractivity (Wildman–Crippen MR) is 158 cm³/mol. The van der Waals surface area contributed by atoms with Crippen molar-refractivity contribution in [2.45, 2.75) is 82.3 Å². The second-order valence-corrected chi connectivity index (χ2v) is 12.0. The molecule has 3 aliphatic heterocycles. The number of ether oxygens (including phenoxy) is 1. The minimum atomic E-state index is -1.08. The zero-order chi connectivity index (χ0) is 30.0. The number of unbranched alkanes of at least 4 members (excludes halogenated alkanes) is 3. The summed E-state index contributed by atoms with van der Waals surface area (Å²) in [6.45, 7) is 2.95. The molecule has 3 saturated heterocycles. The molecule has 4 heterocycles. The molecule has 3 fully saturated rings. The predicted octanol–water partition coefficient (Wildman–Crippen LogP) is 2.53. The Morgan fingerprint density at radius 1 is 1.00 bits per heavy atom. The Balaban J connectivity index is 1.27. The fraction of sp³-hybridized carbons (Fsp3) is 0.531. The molecule has 0 radical (unpaired) electrons. The molecule has 3 N–H and O–H groups in total. The van der Waals surface area contributed by atoms with Crippen LogP contribution in [0.3, 0.4) is 0 Å². The van der Waals surface area contributed by atoms with Crippen LogP contribution in [0.25, 0.3) is 11.0 Å². The molecule has 2 unspecified atom stereocenters. The molecule has 1 spiro atoms. The van der Waals surface area contributed by atoms with E-state index >= 15 is 0 Å². The molecule has 11 heteroatoms. The van der Waals surface area contributed by atoms with Gasteiger partial charge in [-0.15, -0.1) is 5.10 Å². The molecule has 1 aromatic heterocycles. The molecule has 2 aromatic carbocycles. The molecule has 228 valence electrons. The fourth-order valence-corrected chi connectivity index (χ4v) is 7.58. The van der Waals surface area contributed by atoms with Gasteiger partial charge < -0.3 is 25.4 Å². The lowest BCUT2D eigenvalue weighted by Gasteiger charge is -2.34. The van der Waals surface area contributed by atoms with Crippen molar-refractivity contribution in [3.63, 3.8) is 0 Å². The summed E-state index contributed by atoms with van der Waals surface area (Å²) in [7, 11) is 0. The number of aromatic nitrogens is 3. The Bertz CT molecular complexity index is 1480. The molecule has 43 heavy (non-hydrogen) atoms. The largest absolute Gasteiger partial charge is 0.396 e. The van der Waals surface area contributed by atoms with Gasteiger partial charge in [-0.05, 0) is 49.8 Å². The summed E-state index contributed by atoms with van der Waals surface area (Å²) in [6, 6.07) is 16.3. The Kier molecular flexibility index (Phi) is 8.19. The van der Waals surface area contributed by atoms with Crippen LogP contribution in [0.15, 0.2) is 54.6 Å². The average Bonchev–Trinajstić information content (AvgIpc) is 3.76. The minimum absolute atomic E-state index is 0.0923. The Morgan fingerprint density at radius 3 is 2.56 bits per heavy atom. The van der Waals surface area contributed by atoms with Gasteiger partial charge in [0.25, 0.3) is 0 Å². The van der Waals surface area contributed by atoms with Crippen molar-refractivity contribution >= 4 is 28.8 Å². The number of aliphatic hydroxyl groups is 1. The molecule has 3 aromatic rings. The van der Waals surface area contributed by atoms with Crippen LogP contribution in [-0.2, 0) is 32.3 Å². The van der Waals surface area contributed by atoms with E-state index in [0.717, 1.165) is 29.4 Å². The number of aliphatic hydroxyl groups excluding tert-OH is 1. The van der Waals surface area contributed by atoms with Crippen molar-refractivity contribution in [1.29, 1.82) is 0 Å². The van der Waals surface area contributed by atoms with E-state index in [-0.39, 0.29) is 31.0 Å². The van der Waals surface area contributed by atoms with Crippen molar-refractivity contribution in [3.8, 4) is 0 Å². The summed E-state index contributed by atoms with van der Waals surface area (Å²) in [4.78, 5) is 43.9. The number of rotatable bonds is 13. The molecule has 0 aliphatic carbocycles. The third-order valence-electron chi connectivity index (χ3n) is 9.65. The van der Waals surface area contributed by atoms with Crippen molar-refractivity contribution in [3.05, 3.63) is 60.2 Å². The maximum absolute atomic E-state index is 14.3. The normalized spacial score (nSPS) is 27.5. The third kappa shape index (κ3) is 5.08. The number of nitrogens with zero attached hydrogens (tertiary/aromatic N) is 4. The van der Waals surface area contributed by atoms with Gasteiger partial charge in [-0.25, -0.2) is 4.68 Å². The van der Waals surface area contributed by atoms with Crippen LogP contribution in [0.1, 0.15) is 57.4 Å². The minimum Gasteiger partial charge on any atom is -0.396 e. The highest BCUT2D eigenvalue weighted by atomic mass is 16.5. The molecule has 6 rings (SSSR count). The maximum atomic E-state index is 14.3. The van der Waals surface area contributed by atoms with Gasteiger partial charge in [0.1, 0.15) is 23.8 Å². The number of carbonyl (C=O) groups is 3. The van der Waals surface area contributed by atoms with Crippen molar-refractivity contribution in [1.82, 2.24) is 30.5 Å². The standard InChI is InChI=1S/C32H40N6O5/c1-2-31-16-17-32(43-31)26(25(31)28(40)33-20-22-12-6-5-7-13-22)30(42)37(18-10-3-4-11-19-39)27(32)29(41)34-21-38-24-15-9-8-14-23(24)35-36-38/h5-9,12-15,25-27,39H,2-4,10-11,16-21H2,1H3,(H,33,40)(H,34,41)/t25-,26-,27?,31+,32?/m0/s1. The Labute approximate surface area is 250 Å². The van der Waals surface area contributed by atoms with Crippen LogP contribution in [0.2, 0.25) is 0 Å². The van der Waals surface area contributed by atoms with Crippen LogP contribution in [-0.4, -0.2) is 73.1 Å². The zero-order valence-electron chi connectivity index (χ0n) is 24.6. The number of amides is 3. The van der Waals surface area contributed by atoms with E-state index in [1.807, 2.05) is 61.5 Å². The number of hydrogen-bond donors (Lipinski definition) is 3. The second kappa shape index (κ2) is 12.0. The number of fused-ring (bicyclic) bond motifs is 2. The van der Waals surface area contributed by atoms with Gasteiger partial charge in [-0.3, -0.25) is 14.4 Å². The van der Waals surface area contributed by atoms with Crippen LogP contribution < -0.4 is 10.6 Å². The highest BCUT2D eigenvalue weighted by molar-refractivity contribution is 5.99. The van der Waals surface area contributed by atoms with Gasteiger partial charge in [0.2, 0.25) is 17.7 Å². The number of benzene rings is 2. The molecule has 0 saturated carbocycles. The topological polar surface area (TPSA) is 139 Å². The van der Waals surface area contributed by atoms with Crippen LogP contribution in [0.5, 0.6) is 0 Å². The van der Waals surface area contributed by atoms with Crippen molar-refractivity contribution < 1.29 is 24.2 Å². The number of nitrogens with one attached hydrogen (secondary N) is 2. The van der Waals surface area contributed by atoms with E-state index in [4.69, 9.17) is 4.74 Å². The van der Waals surface area contributed by atoms with E-state index in [1.165, 1.54) is 0 Å². The lowest BCUT2D eigenvalue weighted by molar-refractivity contribution is -0.148. The maximum Gasteiger partial charge on any atom is 0.247 e. The van der Waals surface area contributed by atoms with Crippen LogP contribution in [0, 0.1) is 11.8 Å². The number of para-hydroxylation sites is 1. The molecular formula is C32H40N6O5. The summed E-state index contributed by atoms with van der Waals surface area (Å²) >= 11 is 0. The first-order chi connectivity index (χ1) is 20.9.